The molecule has 0 atom stereocenters. The molecule has 0 aliphatic carbocycles. The minimum absolute atomic E-state index is 0.119. The van der Waals surface area contributed by atoms with Crippen molar-refractivity contribution in [2.24, 2.45) is 0 Å². The molecule has 0 unspecified atom stereocenters. The van der Waals surface area contributed by atoms with Crippen molar-refractivity contribution >= 4 is 23.4 Å². The molecule has 7 nitrogen and oxygen atoms in total. The van der Waals surface area contributed by atoms with Gasteiger partial charge in [-0.1, -0.05) is 60.3 Å². The van der Waals surface area contributed by atoms with Crippen LogP contribution in [0.2, 0.25) is 0 Å². The van der Waals surface area contributed by atoms with Crippen molar-refractivity contribution < 1.29 is 14.3 Å². The fraction of sp³-hybridized carbons (Fsp3) is 0.222. The predicted octanol–water partition coefficient (Wildman–Crippen LogP) is 5.34. The summed E-state index contributed by atoms with van der Waals surface area (Å²) in [5.41, 5.74) is 2.89. The zero-order chi connectivity index (χ0) is 24.5. The lowest BCUT2D eigenvalue weighted by molar-refractivity contribution is -0.113. The molecule has 4 aromatic rings. The van der Waals surface area contributed by atoms with Gasteiger partial charge in [0.2, 0.25) is 5.91 Å². The van der Waals surface area contributed by atoms with E-state index in [1.165, 1.54) is 11.8 Å². The minimum atomic E-state index is -0.119. The number of rotatable bonds is 11. The number of hydrogen-bond donors (Lipinski definition) is 1. The van der Waals surface area contributed by atoms with Crippen LogP contribution in [-0.4, -0.2) is 33.0 Å². The maximum Gasteiger partial charge on any atom is 0.234 e. The summed E-state index contributed by atoms with van der Waals surface area (Å²) in [7, 11) is 0. The van der Waals surface area contributed by atoms with Crippen molar-refractivity contribution in [2.75, 3.05) is 17.7 Å². The fourth-order valence-electron chi connectivity index (χ4n) is 3.45. The van der Waals surface area contributed by atoms with Gasteiger partial charge in [-0.3, -0.25) is 9.36 Å². The molecule has 0 radical (unpaired) electrons. The van der Waals surface area contributed by atoms with Gasteiger partial charge in [-0.2, -0.15) is 0 Å². The van der Waals surface area contributed by atoms with E-state index >= 15 is 0 Å². The number of thioether (sulfide) groups is 1. The molecular weight excluding hydrogens is 460 g/mol. The second kappa shape index (κ2) is 12.1. The molecule has 3 aromatic carbocycles. The van der Waals surface area contributed by atoms with Crippen LogP contribution < -0.4 is 14.8 Å². The Labute approximate surface area is 209 Å². The minimum Gasteiger partial charge on any atom is -0.494 e. The summed E-state index contributed by atoms with van der Waals surface area (Å²) in [4.78, 5) is 12.6. The maximum absolute atomic E-state index is 12.6. The maximum atomic E-state index is 12.6. The summed E-state index contributed by atoms with van der Waals surface area (Å²) in [5, 5.41) is 12.3. The number of para-hydroxylation sites is 1. The highest BCUT2D eigenvalue weighted by Gasteiger charge is 2.16. The highest BCUT2D eigenvalue weighted by molar-refractivity contribution is 7.99. The molecule has 0 aliphatic heterocycles. The summed E-state index contributed by atoms with van der Waals surface area (Å²) >= 11 is 1.35. The molecule has 1 heterocycles. The average Bonchev–Trinajstić information content (AvgIpc) is 3.25. The van der Waals surface area contributed by atoms with Gasteiger partial charge in [0, 0.05) is 5.69 Å². The summed E-state index contributed by atoms with van der Waals surface area (Å²) in [5.74, 6) is 2.37. The Balaban J connectivity index is 1.43. The number of nitrogens with zero attached hydrogens (tertiary/aromatic N) is 3. The number of nitrogens with one attached hydrogen (secondary N) is 1. The lowest BCUT2D eigenvalue weighted by Crippen LogP contribution is -2.15. The van der Waals surface area contributed by atoms with Crippen LogP contribution in [0.1, 0.15) is 23.9 Å². The van der Waals surface area contributed by atoms with Gasteiger partial charge in [0.1, 0.15) is 18.1 Å². The van der Waals surface area contributed by atoms with E-state index in [1.807, 2.05) is 85.1 Å². The van der Waals surface area contributed by atoms with E-state index in [2.05, 4.69) is 27.6 Å². The Hall–Kier alpha value is -3.78. The number of amides is 1. The van der Waals surface area contributed by atoms with E-state index in [0.29, 0.717) is 24.1 Å². The number of benzene rings is 3. The van der Waals surface area contributed by atoms with E-state index in [-0.39, 0.29) is 18.3 Å². The quantitative estimate of drug-likeness (QED) is 0.287. The van der Waals surface area contributed by atoms with E-state index < -0.39 is 0 Å². The number of hydrogen-bond acceptors (Lipinski definition) is 6. The molecule has 0 aliphatic rings. The molecule has 0 fully saturated rings. The first-order valence-electron chi connectivity index (χ1n) is 11.4. The van der Waals surface area contributed by atoms with Crippen LogP contribution in [0.25, 0.3) is 0 Å². The standard InChI is InChI=1S/C27H28N4O3S/c1-3-33-23-15-13-22(14-16-23)28-26(32)19-35-27-30-29-25(18-34-24-12-8-7-9-20(24)2)31(27)17-21-10-5-4-6-11-21/h4-16H,3,17-19H2,1-2H3,(H,28,32). The molecule has 1 amide bonds. The molecule has 1 N–H and O–H groups in total. The third-order valence-electron chi connectivity index (χ3n) is 5.21. The fourth-order valence-corrected chi connectivity index (χ4v) is 4.20. The van der Waals surface area contributed by atoms with E-state index in [1.54, 1.807) is 0 Å². The average molecular weight is 489 g/mol. The van der Waals surface area contributed by atoms with Crippen LogP contribution in [0.4, 0.5) is 5.69 Å². The first kappa shape index (κ1) is 24.3. The predicted molar refractivity (Wildman–Crippen MR) is 138 cm³/mol. The lowest BCUT2D eigenvalue weighted by Gasteiger charge is -2.12. The van der Waals surface area contributed by atoms with Gasteiger partial charge in [0.05, 0.1) is 18.9 Å². The highest BCUT2D eigenvalue weighted by Crippen LogP contribution is 2.22. The number of ether oxygens (including phenoxy) is 2. The number of aryl methyl sites for hydroxylation is 1. The zero-order valence-corrected chi connectivity index (χ0v) is 20.6. The second-order valence-corrected chi connectivity index (χ2v) is 8.76. The third kappa shape index (κ3) is 6.86. The Bertz CT molecular complexity index is 1240. The summed E-state index contributed by atoms with van der Waals surface area (Å²) in [6.45, 7) is 5.41. The van der Waals surface area contributed by atoms with Crippen molar-refractivity contribution in [3.8, 4) is 11.5 Å². The van der Waals surface area contributed by atoms with Gasteiger partial charge < -0.3 is 14.8 Å². The molecule has 0 bridgehead atoms. The van der Waals surface area contributed by atoms with Crippen LogP contribution >= 0.6 is 11.8 Å². The van der Waals surface area contributed by atoms with Crippen LogP contribution in [0, 0.1) is 6.92 Å². The number of carbonyl (C=O) groups is 1. The molecule has 180 valence electrons. The Morgan fingerprint density at radius 1 is 0.943 bits per heavy atom. The van der Waals surface area contributed by atoms with E-state index in [9.17, 15) is 4.79 Å². The zero-order valence-electron chi connectivity index (χ0n) is 19.8. The van der Waals surface area contributed by atoms with E-state index in [4.69, 9.17) is 9.47 Å². The molecule has 0 saturated heterocycles. The molecule has 0 saturated carbocycles. The molecule has 1 aromatic heterocycles. The Kier molecular flexibility index (Phi) is 8.40. The third-order valence-corrected chi connectivity index (χ3v) is 6.18. The highest BCUT2D eigenvalue weighted by atomic mass is 32.2. The van der Waals surface area contributed by atoms with Crippen molar-refractivity contribution in [3.05, 3.63) is 95.8 Å². The van der Waals surface area contributed by atoms with Crippen molar-refractivity contribution in [2.45, 2.75) is 32.2 Å². The number of carbonyl (C=O) groups excluding carboxylic acids is 1. The first-order valence-corrected chi connectivity index (χ1v) is 12.4. The smallest absolute Gasteiger partial charge is 0.234 e. The summed E-state index contributed by atoms with van der Waals surface area (Å²) < 4.78 is 13.5. The molecule has 4 rings (SSSR count). The van der Waals surface area contributed by atoms with Gasteiger partial charge >= 0.3 is 0 Å². The first-order chi connectivity index (χ1) is 17.1. The lowest BCUT2D eigenvalue weighted by atomic mass is 10.2. The van der Waals surface area contributed by atoms with Crippen LogP contribution in [0.5, 0.6) is 11.5 Å². The van der Waals surface area contributed by atoms with Crippen LogP contribution in [-0.2, 0) is 17.9 Å². The Morgan fingerprint density at radius 3 is 2.43 bits per heavy atom. The van der Waals surface area contributed by atoms with Gasteiger partial charge in [-0.05, 0) is 55.3 Å². The van der Waals surface area contributed by atoms with Crippen LogP contribution in [0.15, 0.2) is 84.0 Å². The molecule has 35 heavy (non-hydrogen) atoms. The second-order valence-electron chi connectivity index (χ2n) is 7.82. The molecule has 8 heteroatoms. The van der Waals surface area contributed by atoms with Crippen LogP contribution in [0.3, 0.4) is 0 Å². The van der Waals surface area contributed by atoms with E-state index in [0.717, 1.165) is 28.3 Å². The molecular formula is C27H28N4O3S. The largest absolute Gasteiger partial charge is 0.494 e. The van der Waals surface area contributed by atoms with Gasteiger partial charge in [-0.25, -0.2) is 0 Å². The SMILES string of the molecule is CCOc1ccc(NC(=O)CSc2nnc(COc3ccccc3C)n2Cc2ccccc2)cc1. The number of aromatic nitrogens is 3. The van der Waals surface area contributed by atoms with Gasteiger partial charge in [0.25, 0.3) is 0 Å². The normalized spacial score (nSPS) is 10.7. The monoisotopic (exact) mass is 488 g/mol. The summed E-state index contributed by atoms with van der Waals surface area (Å²) in [6, 6.07) is 25.3. The van der Waals surface area contributed by atoms with Crippen molar-refractivity contribution in [1.82, 2.24) is 14.8 Å². The molecule has 0 spiro atoms. The van der Waals surface area contributed by atoms with Crippen molar-refractivity contribution in [1.29, 1.82) is 0 Å². The number of anilines is 1. The Morgan fingerprint density at radius 2 is 1.69 bits per heavy atom. The summed E-state index contributed by atoms with van der Waals surface area (Å²) in [6.07, 6.45) is 0. The van der Waals surface area contributed by atoms with Gasteiger partial charge in [-0.15, -0.1) is 10.2 Å². The van der Waals surface area contributed by atoms with Crippen molar-refractivity contribution in [3.63, 3.8) is 0 Å². The topological polar surface area (TPSA) is 78.3 Å². The van der Waals surface area contributed by atoms with Gasteiger partial charge in [0.15, 0.2) is 11.0 Å².